The zero-order valence-electron chi connectivity index (χ0n) is 8.95. The molecular weight excluding hydrogens is 188 g/mol. The maximum atomic E-state index is 11.6. The van der Waals surface area contributed by atoms with E-state index in [1.54, 1.807) is 0 Å². The number of benzene rings is 1. The molecular formula is C12H14N2O. The number of anilines is 1. The fourth-order valence-electron chi connectivity index (χ4n) is 1.54. The van der Waals surface area contributed by atoms with Crippen LogP contribution >= 0.6 is 0 Å². The van der Waals surface area contributed by atoms with Crippen LogP contribution < -0.4 is 5.32 Å². The Labute approximate surface area is 89.2 Å². The lowest BCUT2D eigenvalue weighted by Crippen LogP contribution is -2.16. The molecule has 0 saturated carbocycles. The molecule has 0 radical (unpaired) electrons. The van der Waals surface area contributed by atoms with Gasteiger partial charge < -0.3 is 5.32 Å². The van der Waals surface area contributed by atoms with E-state index in [-0.39, 0.29) is 11.9 Å². The van der Waals surface area contributed by atoms with Gasteiger partial charge in [0.15, 0.2) is 0 Å². The number of para-hydroxylation sites is 1. The number of carbonyl (C=O) groups excluding carboxylic acids is 1. The van der Waals surface area contributed by atoms with Crippen molar-refractivity contribution in [2.75, 3.05) is 5.32 Å². The first kappa shape index (κ1) is 9.90. The fraction of sp³-hybridized carbons (Fsp3) is 0.333. The lowest BCUT2D eigenvalue weighted by molar-refractivity contribution is -0.110. The number of fused-ring (bicyclic) bond motifs is 1. The standard InChI is InChI=1S/C12H14N2O/c1-3-8(2)13-11-9-6-4-5-7-10(9)14-12(11)15/h4-8H,3H2,1-2H3,(H,13,14,15). The second-order valence-electron chi connectivity index (χ2n) is 3.73. The smallest absolute Gasteiger partial charge is 0.274 e. The molecule has 78 valence electrons. The highest BCUT2D eigenvalue weighted by atomic mass is 16.2. The van der Waals surface area contributed by atoms with Crippen molar-refractivity contribution in [3.8, 4) is 0 Å². The Morgan fingerprint density at radius 2 is 2.13 bits per heavy atom. The molecule has 1 aliphatic heterocycles. The SMILES string of the molecule is CCC(C)N=C1C(=O)Nc2ccccc21. The largest absolute Gasteiger partial charge is 0.320 e. The predicted octanol–water partition coefficient (Wildman–Crippen LogP) is 2.23. The maximum absolute atomic E-state index is 11.6. The minimum atomic E-state index is -0.0866. The number of hydrogen-bond donors (Lipinski definition) is 1. The van der Waals surface area contributed by atoms with Crippen LogP contribution in [-0.4, -0.2) is 17.7 Å². The molecule has 0 aliphatic carbocycles. The summed E-state index contributed by atoms with van der Waals surface area (Å²) in [7, 11) is 0. The first-order valence-electron chi connectivity index (χ1n) is 5.21. The van der Waals surface area contributed by atoms with E-state index in [1.165, 1.54) is 0 Å². The third kappa shape index (κ3) is 1.77. The Kier molecular flexibility index (Phi) is 2.54. The monoisotopic (exact) mass is 202 g/mol. The van der Waals surface area contributed by atoms with E-state index in [0.29, 0.717) is 5.71 Å². The zero-order valence-corrected chi connectivity index (χ0v) is 8.95. The minimum Gasteiger partial charge on any atom is -0.320 e. The maximum Gasteiger partial charge on any atom is 0.274 e. The van der Waals surface area contributed by atoms with Gasteiger partial charge >= 0.3 is 0 Å². The van der Waals surface area contributed by atoms with Crippen molar-refractivity contribution in [2.24, 2.45) is 4.99 Å². The van der Waals surface area contributed by atoms with Crippen LogP contribution in [0.4, 0.5) is 5.69 Å². The lowest BCUT2D eigenvalue weighted by atomic mass is 10.1. The third-order valence-electron chi connectivity index (χ3n) is 2.59. The van der Waals surface area contributed by atoms with Gasteiger partial charge in [-0.05, 0) is 19.4 Å². The lowest BCUT2D eigenvalue weighted by Gasteiger charge is -2.02. The van der Waals surface area contributed by atoms with Gasteiger partial charge in [-0.25, -0.2) is 0 Å². The molecule has 1 aromatic rings. The average Bonchev–Trinajstić information content (AvgIpc) is 2.55. The van der Waals surface area contributed by atoms with E-state index >= 15 is 0 Å². The summed E-state index contributed by atoms with van der Waals surface area (Å²) in [6.07, 6.45) is 0.943. The Morgan fingerprint density at radius 3 is 2.87 bits per heavy atom. The second kappa shape index (κ2) is 3.85. The molecule has 1 unspecified atom stereocenters. The van der Waals surface area contributed by atoms with E-state index in [4.69, 9.17) is 0 Å². The highest BCUT2D eigenvalue weighted by Gasteiger charge is 2.25. The summed E-state index contributed by atoms with van der Waals surface area (Å²) in [5, 5.41) is 2.81. The van der Waals surface area contributed by atoms with Gasteiger partial charge in [-0.1, -0.05) is 25.1 Å². The average molecular weight is 202 g/mol. The second-order valence-corrected chi connectivity index (χ2v) is 3.73. The first-order chi connectivity index (χ1) is 7.22. The van der Waals surface area contributed by atoms with E-state index in [2.05, 4.69) is 17.2 Å². The van der Waals surface area contributed by atoms with Crippen molar-refractivity contribution in [1.82, 2.24) is 0 Å². The van der Waals surface area contributed by atoms with E-state index in [1.807, 2.05) is 31.2 Å². The summed E-state index contributed by atoms with van der Waals surface area (Å²) in [4.78, 5) is 16.1. The Bertz CT molecular complexity index is 423. The van der Waals surface area contributed by atoms with Gasteiger partial charge in [0, 0.05) is 11.6 Å². The van der Waals surface area contributed by atoms with Crippen LogP contribution in [0.2, 0.25) is 0 Å². The van der Waals surface area contributed by atoms with Crippen LogP contribution in [0.25, 0.3) is 0 Å². The molecule has 1 heterocycles. The van der Waals surface area contributed by atoms with Gasteiger partial charge in [0.25, 0.3) is 5.91 Å². The normalized spacial score (nSPS) is 18.8. The number of carbonyl (C=O) groups is 1. The van der Waals surface area contributed by atoms with Crippen LogP contribution in [-0.2, 0) is 4.79 Å². The van der Waals surface area contributed by atoms with E-state index < -0.39 is 0 Å². The summed E-state index contributed by atoms with van der Waals surface area (Å²) < 4.78 is 0. The van der Waals surface area contributed by atoms with Crippen molar-refractivity contribution in [3.05, 3.63) is 29.8 Å². The van der Waals surface area contributed by atoms with Crippen molar-refractivity contribution < 1.29 is 4.79 Å². The summed E-state index contributed by atoms with van der Waals surface area (Å²) in [6, 6.07) is 7.84. The van der Waals surface area contributed by atoms with Gasteiger partial charge in [-0.2, -0.15) is 0 Å². The molecule has 2 rings (SSSR count). The molecule has 3 heteroatoms. The molecule has 0 aromatic heterocycles. The van der Waals surface area contributed by atoms with Crippen LogP contribution in [0.3, 0.4) is 0 Å². The van der Waals surface area contributed by atoms with E-state index in [0.717, 1.165) is 17.7 Å². The summed E-state index contributed by atoms with van der Waals surface area (Å²) in [6.45, 7) is 4.08. The van der Waals surface area contributed by atoms with Crippen LogP contribution in [0.15, 0.2) is 29.3 Å². The van der Waals surface area contributed by atoms with Crippen molar-refractivity contribution >= 4 is 17.3 Å². The number of nitrogens with zero attached hydrogens (tertiary/aromatic N) is 1. The zero-order chi connectivity index (χ0) is 10.8. The summed E-state index contributed by atoms with van der Waals surface area (Å²) >= 11 is 0. The number of amides is 1. The van der Waals surface area contributed by atoms with Crippen molar-refractivity contribution in [2.45, 2.75) is 26.3 Å². The minimum absolute atomic E-state index is 0.0866. The number of rotatable bonds is 2. The molecule has 0 spiro atoms. The molecule has 15 heavy (non-hydrogen) atoms. The highest BCUT2D eigenvalue weighted by Crippen LogP contribution is 2.23. The summed E-state index contributed by atoms with van der Waals surface area (Å²) in [5.74, 6) is -0.0866. The Balaban J connectivity index is 2.42. The molecule has 1 atom stereocenters. The predicted molar refractivity (Wildman–Crippen MR) is 61.4 cm³/mol. The van der Waals surface area contributed by atoms with Crippen molar-refractivity contribution in [3.63, 3.8) is 0 Å². The molecule has 1 N–H and O–H groups in total. The molecule has 0 saturated heterocycles. The topological polar surface area (TPSA) is 41.5 Å². The summed E-state index contributed by atoms with van der Waals surface area (Å²) in [5.41, 5.74) is 2.35. The van der Waals surface area contributed by atoms with Crippen LogP contribution in [0.1, 0.15) is 25.8 Å². The molecule has 1 aliphatic rings. The van der Waals surface area contributed by atoms with Gasteiger partial charge in [0.05, 0.1) is 5.69 Å². The Hall–Kier alpha value is -1.64. The molecule has 1 aromatic carbocycles. The third-order valence-corrected chi connectivity index (χ3v) is 2.59. The highest BCUT2D eigenvalue weighted by molar-refractivity contribution is 6.53. The molecule has 3 nitrogen and oxygen atoms in total. The Morgan fingerprint density at radius 1 is 1.40 bits per heavy atom. The van der Waals surface area contributed by atoms with Gasteiger partial charge in [-0.15, -0.1) is 0 Å². The van der Waals surface area contributed by atoms with Crippen LogP contribution in [0.5, 0.6) is 0 Å². The first-order valence-corrected chi connectivity index (χ1v) is 5.21. The van der Waals surface area contributed by atoms with Gasteiger partial charge in [0.2, 0.25) is 0 Å². The molecule has 1 amide bonds. The molecule has 0 bridgehead atoms. The van der Waals surface area contributed by atoms with E-state index in [9.17, 15) is 4.79 Å². The van der Waals surface area contributed by atoms with Crippen LogP contribution in [0, 0.1) is 0 Å². The molecule has 0 fully saturated rings. The fourth-order valence-corrected chi connectivity index (χ4v) is 1.54. The van der Waals surface area contributed by atoms with Gasteiger partial charge in [0.1, 0.15) is 5.71 Å². The number of hydrogen-bond acceptors (Lipinski definition) is 2. The quantitative estimate of drug-likeness (QED) is 0.785. The number of aliphatic imine (C=N–C) groups is 1. The van der Waals surface area contributed by atoms with Crippen molar-refractivity contribution in [1.29, 1.82) is 0 Å². The number of nitrogens with one attached hydrogen (secondary N) is 1. The van der Waals surface area contributed by atoms with Gasteiger partial charge in [-0.3, -0.25) is 9.79 Å².